The summed E-state index contributed by atoms with van der Waals surface area (Å²) in [6.07, 6.45) is 0.700. The summed E-state index contributed by atoms with van der Waals surface area (Å²) in [5.41, 5.74) is 2.63. The third-order valence-corrected chi connectivity index (χ3v) is 6.15. The lowest BCUT2D eigenvalue weighted by molar-refractivity contribution is -0.384. The monoisotopic (exact) mass is 473 g/mol. The SMILES string of the molecule is CC[C@@H]1Oc2ccc(NC(=O)c3ccc([N+](=O)[O-])cc3)cc2CN([C@H](CC)c2ccccc2)C1=O. The minimum atomic E-state index is -0.588. The summed E-state index contributed by atoms with van der Waals surface area (Å²) in [6.45, 7) is 4.33. The minimum absolute atomic E-state index is 0.0594. The summed E-state index contributed by atoms with van der Waals surface area (Å²) >= 11 is 0. The molecule has 3 aromatic carbocycles. The first-order chi connectivity index (χ1) is 16.9. The van der Waals surface area contributed by atoms with E-state index in [0.717, 1.165) is 17.5 Å². The van der Waals surface area contributed by atoms with Gasteiger partial charge in [-0.15, -0.1) is 0 Å². The smallest absolute Gasteiger partial charge is 0.269 e. The summed E-state index contributed by atoms with van der Waals surface area (Å²) in [6, 6.07) is 20.6. The van der Waals surface area contributed by atoms with Gasteiger partial charge < -0.3 is 15.0 Å². The van der Waals surface area contributed by atoms with Gasteiger partial charge >= 0.3 is 0 Å². The number of anilines is 1. The van der Waals surface area contributed by atoms with E-state index >= 15 is 0 Å². The highest BCUT2D eigenvalue weighted by Crippen LogP contribution is 2.35. The van der Waals surface area contributed by atoms with Gasteiger partial charge in [-0.25, -0.2) is 0 Å². The Balaban J connectivity index is 1.61. The molecule has 8 heteroatoms. The van der Waals surface area contributed by atoms with E-state index in [1.54, 1.807) is 12.1 Å². The van der Waals surface area contributed by atoms with E-state index in [1.165, 1.54) is 24.3 Å². The number of nitro groups is 1. The number of carbonyl (C=O) groups is 2. The first kappa shape index (κ1) is 23.9. The first-order valence-corrected chi connectivity index (χ1v) is 11.6. The van der Waals surface area contributed by atoms with Gasteiger partial charge in [0.2, 0.25) is 0 Å². The minimum Gasteiger partial charge on any atom is -0.480 e. The highest BCUT2D eigenvalue weighted by atomic mass is 16.6. The predicted octanol–water partition coefficient (Wildman–Crippen LogP) is 5.50. The molecule has 0 fully saturated rings. The van der Waals surface area contributed by atoms with E-state index in [0.29, 0.717) is 30.0 Å². The molecule has 1 aliphatic rings. The number of rotatable bonds is 7. The fourth-order valence-corrected chi connectivity index (χ4v) is 4.32. The standard InChI is InChI=1S/C27H27N3O5/c1-3-23(18-8-6-5-7-9-18)29-17-20-16-21(12-15-25(20)35-24(4-2)27(29)32)28-26(31)19-10-13-22(14-11-19)30(33)34/h5-16,23-24H,3-4,17H2,1-2H3,(H,28,31)/t23-,24+/m1/s1. The van der Waals surface area contributed by atoms with Gasteiger partial charge in [-0.05, 0) is 48.7 Å². The van der Waals surface area contributed by atoms with E-state index in [2.05, 4.69) is 12.2 Å². The Morgan fingerprint density at radius 1 is 1.11 bits per heavy atom. The van der Waals surface area contributed by atoms with Crippen LogP contribution in [0.4, 0.5) is 11.4 Å². The van der Waals surface area contributed by atoms with Crippen molar-refractivity contribution in [3.8, 4) is 5.75 Å². The molecule has 0 aromatic heterocycles. The van der Waals surface area contributed by atoms with Crippen LogP contribution < -0.4 is 10.1 Å². The molecule has 0 aliphatic carbocycles. The van der Waals surface area contributed by atoms with Gasteiger partial charge in [-0.2, -0.15) is 0 Å². The van der Waals surface area contributed by atoms with E-state index in [-0.39, 0.29) is 23.5 Å². The molecule has 1 heterocycles. The number of nitro benzene ring substituents is 1. The van der Waals surface area contributed by atoms with Gasteiger partial charge in [-0.3, -0.25) is 19.7 Å². The van der Waals surface area contributed by atoms with Crippen molar-refractivity contribution in [3.05, 3.63) is 99.6 Å². The maximum absolute atomic E-state index is 13.4. The molecule has 4 rings (SSSR count). The fourth-order valence-electron chi connectivity index (χ4n) is 4.32. The molecule has 0 saturated carbocycles. The first-order valence-electron chi connectivity index (χ1n) is 11.6. The molecular weight excluding hydrogens is 446 g/mol. The van der Waals surface area contributed by atoms with Gasteiger partial charge in [0.1, 0.15) is 5.75 Å². The summed E-state index contributed by atoms with van der Waals surface area (Å²) < 4.78 is 6.09. The molecule has 1 aliphatic heterocycles. The summed E-state index contributed by atoms with van der Waals surface area (Å²) in [5, 5.41) is 13.7. The van der Waals surface area contributed by atoms with Crippen LogP contribution in [0.15, 0.2) is 72.8 Å². The number of benzene rings is 3. The fraction of sp³-hybridized carbons (Fsp3) is 0.259. The third-order valence-electron chi connectivity index (χ3n) is 6.15. The highest BCUT2D eigenvalue weighted by molar-refractivity contribution is 6.04. The van der Waals surface area contributed by atoms with Crippen LogP contribution in [-0.2, 0) is 11.3 Å². The van der Waals surface area contributed by atoms with Gasteiger partial charge in [0.15, 0.2) is 6.10 Å². The van der Waals surface area contributed by atoms with Crippen molar-refractivity contribution >= 4 is 23.2 Å². The second-order valence-electron chi connectivity index (χ2n) is 8.40. The largest absolute Gasteiger partial charge is 0.480 e. The molecule has 0 bridgehead atoms. The molecule has 180 valence electrons. The maximum atomic E-state index is 13.4. The van der Waals surface area contributed by atoms with E-state index in [1.807, 2.05) is 48.2 Å². The topological polar surface area (TPSA) is 102 Å². The number of nitrogens with zero attached hydrogens (tertiary/aromatic N) is 2. The Labute approximate surface area is 203 Å². The van der Waals surface area contributed by atoms with Crippen molar-refractivity contribution in [2.45, 2.75) is 45.4 Å². The van der Waals surface area contributed by atoms with Crippen LogP contribution in [0.3, 0.4) is 0 Å². The Bertz CT molecular complexity index is 1230. The van der Waals surface area contributed by atoms with Gasteiger partial charge in [0.25, 0.3) is 17.5 Å². The van der Waals surface area contributed by atoms with Crippen molar-refractivity contribution in [1.29, 1.82) is 0 Å². The average molecular weight is 474 g/mol. The lowest BCUT2D eigenvalue weighted by Gasteiger charge is -2.32. The van der Waals surface area contributed by atoms with E-state index in [9.17, 15) is 19.7 Å². The lowest BCUT2D eigenvalue weighted by Crippen LogP contribution is -2.41. The van der Waals surface area contributed by atoms with Crippen molar-refractivity contribution in [3.63, 3.8) is 0 Å². The van der Waals surface area contributed by atoms with Crippen LogP contribution >= 0.6 is 0 Å². The number of carbonyl (C=O) groups excluding carboxylic acids is 2. The lowest BCUT2D eigenvalue weighted by atomic mass is 10.0. The number of non-ortho nitro benzene ring substituents is 1. The molecule has 8 nitrogen and oxygen atoms in total. The molecule has 3 aromatic rings. The third kappa shape index (κ3) is 5.16. The number of nitrogens with one attached hydrogen (secondary N) is 1. The Hall–Kier alpha value is -4.20. The molecule has 0 saturated heterocycles. The zero-order valence-corrected chi connectivity index (χ0v) is 19.6. The molecule has 0 unspecified atom stereocenters. The summed E-state index contributed by atoms with van der Waals surface area (Å²) in [5.74, 6) is 0.171. The Morgan fingerprint density at radius 2 is 1.83 bits per heavy atom. The number of ether oxygens (including phenoxy) is 1. The van der Waals surface area contributed by atoms with E-state index < -0.39 is 11.0 Å². The highest BCUT2D eigenvalue weighted by Gasteiger charge is 2.34. The van der Waals surface area contributed by atoms with Gasteiger partial charge in [0, 0.05) is 28.9 Å². The molecule has 1 N–H and O–H groups in total. The number of hydrogen-bond acceptors (Lipinski definition) is 5. The summed E-state index contributed by atoms with van der Waals surface area (Å²) in [7, 11) is 0. The van der Waals surface area contributed by atoms with Crippen molar-refractivity contribution in [1.82, 2.24) is 4.90 Å². The van der Waals surface area contributed by atoms with Crippen LogP contribution in [0.25, 0.3) is 0 Å². The second-order valence-corrected chi connectivity index (χ2v) is 8.40. The van der Waals surface area contributed by atoms with Crippen molar-refractivity contribution in [2.24, 2.45) is 0 Å². The van der Waals surface area contributed by atoms with Crippen molar-refractivity contribution < 1.29 is 19.2 Å². The molecule has 35 heavy (non-hydrogen) atoms. The summed E-state index contributed by atoms with van der Waals surface area (Å²) in [4.78, 5) is 38.3. The Kier molecular flexibility index (Phi) is 7.10. The number of amides is 2. The number of hydrogen-bond donors (Lipinski definition) is 1. The molecule has 2 atom stereocenters. The van der Waals surface area contributed by atoms with Crippen LogP contribution in [0.5, 0.6) is 5.75 Å². The maximum Gasteiger partial charge on any atom is 0.269 e. The average Bonchev–Trinajstić information content (AvgIpc) is 3.01. The Morgan fingerprint density at radius 3 is 2.46 bits per heavy atom. The molecule has 0 spiro atoms. The van der Waals surface area contributed by atoms with Gasteiger partial charge in [0.05, 0.1) is 17.5 Å². The second kappa shape index (κ2) is 10.4. The quantitative estimate of drug-likeness (QED) is 0.361. The number of fused-ring (bicyclic) bond motifs is 1. The molecule has 0 radical (unpaired) electrons. The van der Waals surface area contributed by atoms with Crippen LogP contribution in [0, 0.1) is 10.1 Å². The molecule has 2 amide bonds. The zero-order valence-electron chi connectivity index (χ0n) is 19.6. The molecular formula is C27H27N3O5. The zero-order chi connectivity index (χ0) is 24.9. The van der Waals surface area contributed by atoms with Crippen LogP contribution in [0.2, 0.25) is 0 Å². The van der Waals surface area contributed by atoms with E-state index in [4.69, 9.17) is 4.74 Å². The van der Waals surface area contributed by atoms with Crippen LogP contribution in [-0.4, -0.2) is 27.7 Å². The van der Waals surface area contributed by atoms with Crippen LogP contribution in [0.1, 0.15) is 54.2 Å². The predicted molar refractivity (Wildman–Crippen MR) is 132 cm³/mol. The van der Waals surface area contributed by atoms with Crippen molar-refractivity contribution in [2.75, 3.05) is 5.32 Å². The van der Waals surface area contributed by atoms with Gasteiger partial charge in [-0.1, -0.05) is 44.2 Å². The normalized spacial score (nSPS) is 16.0.